The second kappa shape index (κ2) is 6.45. The summed E-state index contributed by atoms with van der Waals surface area (Å²) in [4.78, 5) is 22.6. The number of carbonyl (C=O) groups excluding carboxylic acids is 1. The summed E-state index contributed by atoms with van der Waals surface area (Å²) < 4.78 is 0. The number of hydrogen-bond donors (Lipinski definition) is 4. The molecular weight excluding hydrogens is 284 g/mol. The summed E-state index contributed by atoms with van der Waals surface area (Å²) in [6.45, 7) is 3.59. The van der Waals surface area contributed by atoms with E-state index in [0.717, 1.165) is 0 Å². The molecule has 0 aliphatic rings. The minimum absolute atomic E-state index is 0.0218. The number of carbonyl (C=O) groups is 2. The Hall–Kier alpha value is -3.28. The van der Waals surface area contributed by atoms with Crippen molar-refractivity contribution in [3.05, 3.63) is 66.2 Å². The van der Waals surface area contributed by atoms with Crippen molar-refractivity contribution in [2.75, 3.05) is 5.32 Å². The molecule has 0 saturated heterocycles. The van der Waals surface area contributed by atoms with Crippen LogP contribution in [-0.2, 0) is 0 Å². The lowest BCUT2D eigenvalue weighted by Gasteiger charge is -2.08. The quantitative estimate of drug-likeness (QED) is 0.652. The largest absolute Gasteiger partial charge is 0.506 e. The van der Waals surface area contributed by atoms with Crippen molar-refractivity contribution in [1.29, 1.82) is 0 Å². The van der Waals surface area contributed by atoms with Gasteiger partial charge >= 0.3 is 6.09 Å². The van der Waals surface area contributed by atoms with E-state index in [2.05, 4.69) is 17.2 Å². The number of amides is 2. The van der Waals surface area contributed by atoms with E-state index in [1.807, 2.05) is 0 Å². The molecule has 0 bridgehead atoms. The number of para-hydroxylation sites is 2. The van der Waals surface area contributed by atoms with Crippen molar-refractivity contribution >= 4 is 23.4 Å². The predicted molar refractivity (Wildman–Crippen MR) is 82.7 cm³/mol. The smallest absolute Gasteiger partial charge is 0.409 e. The Morgan fingerprint density at radius 2 is 1.55 bits per heavy atom. The van der Waals surface area contributed by atoms with Crippen LogP contribution in [0.5, 0.6) is 5.75 Å². The second-order valence-corrected chi connectivity index (χ2v) is 4.46. The van der Waals surface area contributed by atoms with E-state index in [9.17, 15) is 14.7 Å². The molecule has 2 rings (SSSR count). The van der Waals surface area contributed by atoms with Crippen LogP contribution in [0.1, 0.15) is 15.9 Å². The minimum Gasteiger partial charge on any atom is -0.506 e. The molecule has 0 radical (unpaired) electrons. The molecule has 4 N–H and O–H groups in total. The molecule has 22 heavy (non-hydrogen) atoms. The molecule has 0 heterocycles. The van der Waals surface area contributed by atoms with Crippen LogP contribution < -0.4 is 10.6 Å². The molecule has 2 aromatic carbocycles. The first-order valence-electron chi connectivity index (χ1n) is 6.36. The number of phenols is 1. The van der Waals surface area contributed by atoms with Crippen molar-refractivity contribution < 1.29 is 19.8 Å². The minimum atomic E-state index is -1.20. The van der Waals surface area contributed by atoms with Gasteiger partial charge in [-0.3, -0.25) is 10.1 Å². The van der Waals surface area contributed by atoms with Crippen LogP contribution in [0.4, 0.5) is 10.5 Å². The summed E-state index contributed by atoms with van der Waals surface area (Å²) in [5.74, 6) is -0.406. The van der Waals surface area contributed by atoms with Crippen LogP contribution >= 0.6 is 0 Å². The van der Waals surface area contributed by atoms with E-state index in [4.69, 9.17) is 5.11 Å². The van der Waals surface area contributed by atoms with E-state index < -0.39 is 6.09 Å². The van der Waals surface area contributed by atoms with E-state index in [1.165, 1.54) is 6.07 Å². The van der Waals surface area contributed by atoms with Gasteiger partial charge in [-0.05, 0) is 29.8 Å². The monoisotopic (exact) mass is 298 g/mol. The fraction of sp³-hybridized carbons (Fsp3) is 0. The van der Waals surface area contributed by atoms with Crippen molar-refractivity contribution in [2.45, 2.75) is 0 Å². The summed E-state index contributed by atoms with van der Waals surface area (Å²) in [6, 6.07) is 12.6. The average molecular weight is 298 g/mol. The summed E-state index contributed by atoms with van der Waals surface area (Å²) in [5.41, 5.74) is 1.46. The van der Waals surface area contributed by atoms with E-state index >= 15 is 0 Å². The molecule has 112 valence electrons. The number of nitrogens with one attached hydrogen (secondary N) is 2. The van der Waals surface area contributed by atoms with Gasteiger partial charge in [-0.2, -0.15) is 0 Å². The number of aromatic hydroxyl groups is 1. The van der Waals surface area contributed by atoms with E-state index in [1.54, 1.807) is 42.5 Å². The Morgan fingerprint density at radius 3 is 2.14 bits per heavy atom. The Kier molecular flexibility index (Phi) is 4.43. The summed E-state index contributed by atoms with van der Waals surface area (Å²) >= 11 is 0. The number of phenolic OH excluding ortho intramolecular Hbond substituents is 1. The van der Waals surface area contributed by atoms with Gasteiger partial charge in [0.1, 0.15) is 5.75 Å². The van der Waals surface area contributed by atoms with Crippen LogP contribution in [0.2, 0.25) is 0 Å². The Bertz CT molecular complexity index is 723. The molecule has 0 aromatic heterocycles. The molecule has 2 amide bonds. The van der Waals surface area contributed by atoms with Crippen LogP contribution in [0.15, 0.2) is 55.1 Å². The topological polar surface area (TPSA) is 98.7 Å². The Labute approximate surface area is 126 Å². The molecule has 0 aliphatic heterocycles. The van der Waals surface area contributed by atoms with E-state index in [-0.39, 0.29) is 17.4 Å². The Balaban J connectivity index is 2.10. The zero-order valence-electron chi connectivity index (χ0n) is 11.5. The third-order valence-electron chi connectivity index (χ3n) is 2.91. The van der Waals surface area contributed by atoms with Crippen LogP contribution in [0, 0.1) is 0 Å². The summed E-state index contributed by atoms with van der Waals surface area (Å²) in [7, 11) is 0. The van der Waals surface area contributed by atoms with Crippen LogP contribution in [-0.4, -0.2) is 22.2 Å². The first-order chi connectivity index (χ1) is 10.5. The molecular formula is C16H14N2O4. The number of benzene rings is 2. The lowest BCUT2D eigenvalue weighted by Crippen LogP contribution is -2.18. The highest BCUT2D eigenvalue weighted by atomic mass is 16.4. The first kappa shape index (κ1) is 15.1. The zero-order valence-corrected chi connectivity index (χ0v) is 11.5. The molecule has 6 nitrogen and oxygen atoms in total. The molecule has 2 aromatic rings. The van der Waals surface area contributed by atoms with Crippen LogP contribution in [0.3, 0.4) is 0 Å². The van der Waals surface area contributed by atoms with Gasteiger partial charge in [0.15, 0.2) is 0 Å². The maximum atomic E-state index is 12.1. The first-order valence-corrected chi connectivity index (χ1v) is 6.36. The second-order valence-electron chi connectivity index (χ2n) is 4.46. The molecule has 0 unspecified atom stereocenters. The SMILES string of the molecule is C=C(NC(=O)O)c1ccc(C(=O)Nc2ccccc2O)cc1. The Morgan fingerprint density at radius 1 is 0.955 bits per heavy atom. The molecule has 0 fully saturated rings. The number of carboxylic acid groups (broad SMARTS) is 1. The highest BCUT2D eigenvalue weighted by molar-refractivity contribution is 6.05. The maximum Gasteiger partial charge on any atom is 0.409 e. The van der Waals surface area contributed by atoms with Gasteiger partial charge < -0.3 is 15.5 Å². The highest BCUT2D eigenvalue weighted by Crippen LogP contribution is 2.22. The molecule has 0 aliphatic carbocycles. The van der Waals surface area contributed by atoms with Gasteiger partial charge in [0.2, 0.25) is 0 Å². The van der Waals surface area contributed by atoms with Crippen LogP contribution in [0.25, 0.3) is 5.70 Å². The fourth-order valence-electron chi connectivity index (χ4n) is 1.80. The number of hydrogen-bond acceptors (Lipinski definition) is 3. The van der Waals surface area contributed by atoms with Gasteiger partial charge in [-0.25, -0.2) is 4.79 Å². The fourth-order valence-corrected chi connectivity index (χ4v) is 1.80. The van der Waals surface area contributed by atoms with Crippen molar-refractivity contribution in [1.82, 2.24) is 5.32 Å². The average Bonchev–Trinajstić information content (AvgIpc) is 2.49. The van der Waals surface area contributed by atoms with Crippen molar-refractivity contribution in [3.63, 3.8) is 0 Å². The number of rotatable bonds is 4. The van der Waals surface area contributed by atoms with Crippen molar-refractivity contribution in [3.8, 4) is 5.75 Å². The van der Waals surface area contributed by atoms with Gasteiger partial charge in [0, 0.05) is 11.3 Å². The van der Waals surface area contributed by atoms with E-state index in [0.29, 0.717) is 16.8 Å². The summed E-state index contributed by atoms with van der Waals surface area (Å²) in [5, 5.41) is 23.0. The normalized spacial score (nSPS) is 9.82. The third kappa shape index (κ3) is 3.63. The number of anilines is 1. The molecule has 0 spiro atoms. The third-order valence-corrected chi connectivity index (χ3v) is 2.91. The lowest BCUT2D eigenvalue weighted by molar-refractivity contribution is 0.102. The zero-order chi connectivity index (χ0) is 16.1. The summed E-state index contributed by atoms with van der Waals surface area (Å²) in [6.07, 6.45) is -1.20. The predicted octanol–water partition coefficient (Wildman–Crippen LogP) is 2.88. The van der Waals surface area contributed by atoms with Gasteiger partial charge in [-0.15, -0.1) is 0 Å². The molecule has 6 heteroatoms. The van der Waals surface area contributed by atoms with Gasteiger partial charge in [-0.1, -0.05) is 30.8 Å². The molecule has 0 saturated carbocycles. The maximum absolute atomic E-state index is 12.1. The standard InChI is InChI=1S/C16H14N2O4/c1-10(17-16(21)22)11-6-8-12(9-7-11)15(20)18-13-4-2-3-5-14(13)19/h2-9,17,19H,1H2,(H,18,20)(H,21,22). The van der Waals surface area contributed by atoms with Crippen molar-refractivity contribution in [2.24, 2.45) is 0 Å². The van der Waals surface area contributed by atoms with Gasteiger partial charge in [0.25, 0.3) is 5.91 Å². The molecule has 0 atom stereocenters. The lowest BCUT2D eigenvalue weighted by atomic mass is 10.1. The van der Waals surface area contributed by atoms with Gasteiger partial charge in [0.05, 0.1) is 5.69 Å². The highest BCUT2D eigenvalue weighted by Gasteiger charge is 2.09.